The standard InChI is InChI=1S/C15H15FN4O4S/c1-2-3-9-7-13(21)19-15(18-9)25-8-14(22)17-10-4-5-11(16)12(6-10)20(23)24/h4-7H,2-3,8H2,1H3,(H,17,22)(H,18,19,21). The van der Waals surface area contributed by atoms with Crippen LogP contribution in [0.4, 0.5) is 15.8 Å². The van der Waals surface area contributed by atoms with E-state index in [1.807, 2.05) is 6.92 Å². The Morgan fingerprint density at radius 2 is 2.20 bits per heavy atom. The number of rotatable bonds is 7. The number of H-pyrrole nitrogens is 1. The minimum Gasteiger partial charge on any atom is -0.325 e. The Kier molecular flexibility index (Phi) is 6.23. The lowest BCUT2D eigenvalue weighted by molar-refractivity contribution is -0.387. The fourth-order valence-electron chi connectivity index (χ4n) is 2.00. The molecule has 0 radical (unpaired) electrons. The van der Waals surface area contributed by atoms with E-state index in [0.717, 1.165) is 30.3 Å². The summed E-state index contributed by atoms with van der Waals surface area (Å²) in [6, 6.07) is 4.49. The number of carbonyl (C=O) groups excluding carboxylic acids is 1. The van der Waals surface area contributed by atoms with Crippen LogP contribution < -0.4 is 10.9 Å². The minimum absolute atomic E-state index is 0.0658. The maximum Gasteiger partial charge on any atom is 0.306 e. The molecule has 0 aliphatic carbocycles. The molecule has 0 spiro atoms. The highest BCUT2D eigenvalue weighted by molar-refractivity contribution is 7.99. The molecule has 0 aliphatic rings. The van der Waals surface area contributed by atoms with E-state index in [2.05, 4.69) is 15.3 Å². The number of aromatic amines is 1. The number of aromatic nitrogens is 2. The summed E-state index contributed by atoms with van der Waals surface area (Å²) >= 11 is 1.03. The van der Waals surface area contributed by atoms with Gasteiger partial charge in [0, 0.05) is 23.5 Å². The lowest BCUT2D eigenvalue weighted by Gasteiger charge is -2.06. The SMILES string of the molecule is CCCc1cc(=O)[nH]c(SCC(=O)Nc2ccc(F)c([N+](=O)[O-])c2)n1. The third kappa shape index (κ3) is 5.38. The molecule has 132 valence electrons. The number of benzene rings is 1. The Bertz CT molecular complexity index is 856. The van der Waals surface area contributed by atoms with E-state index in [0.29, 0.717) is 17.3 Å². The van der Waals surface area contributed by atoms with Gasteiger partial charge in [0.2, 0.25) is 11.7 Å². The summed E-state index contributed by atoms with van der Waals surface area (Å²) in [5.41, 5.74) is -0.262. The quantitative estimate of drug-likeness (QED) is 0.336. The molecule has 2 rings (SSSR count). The molecule has 1 heterocycles. The van der Waals surface area contributed by atoms with Crippen LogP contribution in [-0.4, -0.2) is 26.6 Å². The molecule has 0 aliphatic heterocycles. The first-order valence-corrected chi connectivity index (χ1v) is 8.34. The summed E-state index contributed by atoms with van der Waals surface area (Å²) in [5, 5.41) is 13.4. The van der Waals surface area contributed by atoms with E-state index < -0.39 is 22.3 Å². The predicted octanol–water partition coefficient (Wildman–Crippen LogP) is 2.50. The average Bonchev–Trinajstić information content (AvgIpc) is 2.54. The van der Waals surface area contributed by atoms with E-state index in [1.54, 1.807) is 0 Å². The predicted molar refractivity (Wildman–Crippen MR) is 91.3 cm³/mol. The summed E-state index contributed by atoms with van der Waals surface area (Å²) in [7, 11) is 0. The number of hydrogen-bond donors (Lipinski definition) is 2. The fourth-order valence-corrected chi connectivity index (χ4v) is 2.69. The zero-order valence-corrected chi connectivity index (χ0v) is 14.1. The highest BCUT2D eigenvalue weighted by Gasteiger charge is 2.15. The van der Waals surface area contributed by atoms with Crippen molar-refractivity contribution < 1.29 is 14.1 Å². The maximum absolute atomic E-state index is 13.3. The first-order valence-electron chi connectivity index (χ1n) is 7.36. The molecule has 0 fully saturated rings. The van der Waals surface area contributed by atoms with E-state index in [-0.39, 0.29) is 17.0 Å². The number of anilines is 1. The number of nitro groups is 1. The van der Waals surface area contributed by atoms with Crippen LogP contribution in [0, 0.1) is 15.9 Å². The summed E-state index contributed by atoms with van der Waals surface area (Å²) in [6.45, 7) is 1.96. The number of thioether (sulfide) groups is 1. The van der Waals surface area contributed by atoms with Gasteiger partial charge in [0.1, 0.15) is 0 Å². The Labute approximate surface area is 146 Å². The van der Waals surface area contributed by atoms with Gasteiger partial charge in [-0.05, 0) is 18.6 Å². The summed E-state index contributed by atoms with van der Waals surface area (Å²) in [4.78, 5) is 40.1. The number of halogens is 1. The minimum atomic E-state index is -0.980. The number of carbonyl (C=O) groups is 1. The molecule has 0 atom stereocenters. The van der Waals surface area contributed by atoms with Gasteiger partial charge < -0.3 is 10.3 Å². The second kappa shape index (κ2) is 8.38. The summed E-state index contributed by atoms with van der Waals surface area (Å²) in [5.74, 6) is -1.51. The fraction of sp³-hybridized carbons (Fsp3) is 0.267. The van der Waals surface area contributed by atoms with E-state index >= 15 is 0 Å². The molecular formula is C15H15FN4O4S. The number of nitro benzene ring substituents is 1. The van der Waals surface area contributed by atoms with E-state index in [9.17, 15) is 24.1 Å². The lowest BCUT2D eigenvalue weighted by atomic mass is 10.2. The van der Waals surface area contributed by atoms with Crippen molar-refractivity contribution in [3.05, 3.63) is 56.2 Å². The molecular weight excluding hydrogens is 351 g/mol. The zero-order chi connectivity index (χ0) is 18.4. The van der Waals surface area contributed by atoms with Crippen LogP contribution in [0.3, 0.4) is 0 Å². The van der Waals surface area contributed by atoms with E-state index in [1.165, 1.54) is 12.1 Å². The lowest BCUT2D eigenvalue weighted by Crippen LogP contribution is -2.16. The molecule has 10 heteroatoms. The molecule has 8 nitrogen and oxygen atoms in total. The van der Waals surface area contributed by atoms with Gasteiger partial charge >= 0.3 is 5.69 Å². The van der Waals surface area contributed by atoms with Crippen LogP contribution in [-0.2, 0) is 11.2 Å². The van der Waals surface area contributed by atoms with Crippen molar-refractivity contribution >= 4 is 29.0 Å². The number of amides is 1. The smallest absolute Gasteiger partial charge is 0.306 e. The molecule has 25 heavy (non-hydrogen) atoms. The van der Waals surface area contributed by atoms with Gasteiger partial charge in [0.25, 0.3) is 5.56 Å². The van der Waals surface area contributed by atoms with Gasteiger partial charge in [0.15, 0.2) is 5.16 Å². The second-order valence-corrected chi connectivity index (χ2v) is 6.02. The van der Waals surface area contributed by atoms with Crippen molar-refractivity contribution in [2.75, 3.05) is 11.1 Å². The third-order valence-corrected chi connectivity index (χ3v) is 3.92. The van der Waals surface area contributed by atoms with Crippen LogP contribution in [0.15, 0.2) is 34.2 Å². The molecule has 0 saturated heterocycles. The number of nitrogens with one attached hydrogen (secondary N) is 2. The first kappa shape index (κ1) is 18.6. The topological polar surface area (TPSA) is 118 Å². The third-order valence-electron chi connectivity index (χ3n) is 3.05. The Balaban J connectivity index is 2.00. The number of nitrogens with zero attached hydrogens (tertiary/aromatic N) is 2. The molecule has 0 unspecified atom stereocenters. The van der Waals surface area contributed by atoms with Crippen LogP contribution in [0.5, 0.6) is 0 Å². The van der Waals surface area contributed by atoms with Crippen LogP contribution >= 0.6 is 11.8 Å². The number of hydrogen-bond acceptors (Lipinski definition) is 6. The molecule has 1 amide bonds. The van der Waals surface area contributed by atoms with Gasteiger partial charge in [-0.1, -0.05) is 25.1 Å². The monoisotopic (exact) mass is 366 g/mol. The Morgan fingerprint density at radius 1 is 1.44 bits per heavy atom. The van der Waals surface area contributed by atoms with Gasteiger partial charge in [-0.25, -0.2) is 4.98 Å². The Morgan fingerprint density at radius 3 is 2.88 bits per heavy atom. The second-order valence-electron chi connectivity index (χ2n) is 5.05. The van der Waals surface area contributed by atoms with Crippen molar-refractivity contribution in [1.82, 2.24) is 9.97 Å². The van der Waals surface area contributed by atoms with Crippen molar-refractivity contribution in [1.29, 1.82) is 0 Å². The van der Waals surface area contributed by atoms with Crippen molar-refractivity contribution in [3.8, 4) is 0 Å². The summed E-state index contributed by atoms with van der Waals surface area (Å²) < 4.78 is 13.3. The largest absolute Gasteiger partial charge is 0.325 e. The average molecular weight is 366 g/mol. The normalized spacial score (nSPS) is 10.5. The number of aryl methyl sites for hydroxylation is 1. The van der Waals surface area contributed by atoms with Crippen molar-refractivity contribution in [3.63, 3.8) is 0 Å². The van der Waals surface area contributed by atoms with Gasteiger partial charge in [-0.3, -0.25) is 19.7 Å². The molecule has 0 saturated carbocycles. The maximum atomic E-state index is 13.3. The molecule has 1 aromatic carbocycles. The van der Waals surface area contributed by atoms with Gasteiger partial charge in [-0.2, -0.15) is 4.39 Å². The van der Waals surface area contributed by atoms with Gasteiger partial charge in [0.05, 0.1) is 10.7 Å². The molecule has 2 aromatic rings. The van der Waals surface area contributed by atoms with Crippen molar-refractivity contribution in [2.24, 2.45) is 0 Å². The van der Waals surface area contributed by atoms with Crippen LogP contribution in [0.2, 0.25) is 0 Å². The molecule has 1 aromatic heterocycles. The zero-order valence-electron chi connectivity index (χ0n) is 13.2. The summed E-state index contributed by atoms with van der Waals surface area (Å²) in [6.07, 6.45) is 1.49. The first-order chi connectivity index (χ1) is 11.9. The van der Waals surface area contributed by atoms with Crippen LogP contribution in [0.25, 0.3) is 0 Å². The van der Waals surface area contributed by atoms with Crippen molar-refractivity contribution in [2.45, 2.75) is 24.9 Å². The molecule has 2 N–H and O–H groups in total. The highest BCUT2D eigenvalue weighted by Crippen LogP contribution is 2.22. The highest BCUT2D eigenvalue weighted by atomic mass is 32.2. The molecule has 0 bridgehead atoms. The van der Waals surface area contributed by atoms with Crippen LogP contribution in [0.1, 0.15) is 19.0 Å². The Hall–Kier alpha value is -2.75. The van der Waals surface area contributed by atoms with E-state index in [4.69, 9.17) is 0 Å². The van der Waals surface area contributed by atoms with Gasteiger partial charge in [-0.15, -0.1) is 0 Å².